The van der Waals surface area contributed by atoms with Crippen LogP contribution in [0.3, 0.4) is 0 Å². The Bertz CT molecular complexity index is 596. The molecule has 5 heteroatoms. The third-order valence-corrected chi connectivity index (χ3v) is 6.27. The van der Waals surface area contributed by atoms with Crippen LogP contribution in [0.15, 0.2) is 39.4 Å². The van der Waals surface area contributed by atoms with Crippen molar-refractivity contribution in [2.75, 3.05) is 6.54 Å². The van der Waals surface area contributed by atoms with E-state index in [1.165, 1.54) is 0 Å². The molecule has 1 heterocycles. The highest BCUT2D eigenvalue weighted by atomic mass is 32.2. The Morgan fingerprint density at radius 2 is 1.95 bits per heavy atom. The van der Waals surface area contributed by atoms with Crippen molar-refractivity contribution < 1.29 is 9.00 Å². The van der Waals surface area contributed by atoms with E-state index in [1.807, 2.05) is 38.1 Å². The summed E-state index contributed by atoms with van der Waals surface area (Å²) in [5.74, 6) is -0.0323. The maximum atomic E-state index is 12.9. The molecule has 1 aliphatic carbocycles. The molecule has 0 amide bonds. The monoisotopic (exact) mass is 276 g/mol. The number of Topliss-reactive ketones (excluding diaryl/α,β-unsaturated/α-hetero) is 1. The van der Waals surface area contributed by atoms with Gasteiger partial charge in [0, 0.05) is 16.7 Å². The van der Waals surface area contributed by atoms with Gasteiger partial charge in [0.25, 0.3) is 0 Å². The fourth-order valence-corrected chi connectivity index (χ4v) is 4.69. The number of aryl methyl sites for hydroxylation is 1. The minimum absolute atomic E-state index is 0.0323. The summed E-state index contributed by atoms with van der Waals surface area (Å²) in [5.41, 5.74) is 0.714. The van der Waals surface area contributed by atoms with Crippen LogP contribution in [0.5, 0.6) is 0 Å². The molecule has 1 aliphatic heterocycles. The average Bonchev–Trinajstić information content (AvgIpc) is 2.85. The summed E-state index contributed by atoms with van der Waals surface area (Å²) in [6.45, 7) is 4.45. The van der Waals surface area contributed by atoms with Gasteiger partial charge in [-0.15, -0.1) is 0 Å². The molecule has 4 nitrogen and oxygen atoms in total. The number of carbonyl (C=O) groups is 1. The Balaban J connectivity index is 2.09. The molecule has 0 spiro atoms. The first-order chi connectivity index (χ1) is 8.99. The quantitative estimate of drug-likeness (QED) is 0.833. The molecule has 1 aromatic rings. The van der Waals surface area contributed by atoms with E-state index in [1.54, 1.807) is 0 Å². The Hall–Kier alpha value is -1.36. The number of hydrogen-bond acceptors (Lipinski definition) is 4. The van der Waals surface area contributed by atoms with Crippen LogP contribution in [0.25, 0.3) is 0 Å². The summed E-state index contributed by atoms with van der Waals surface area (Å²) in [5, 5.41) is 8.19. The maximum Gasteiger partial charge on any atom is 0.224 e. The number of ketones is 1. The van der Waals surface area contributed by atoms with Gasteiger partial charge in [0.1, 0.15) is 0 Å². The second kappa shape index (κ2) is 4.07. The molecule has 3 atom stereocenters. The molecular weight excluding hydrogens is 260 g/mol. The van der Waals surface area contributed by atoms with Gasteiger partial charge < -0.3 is 0 Å². The van der Waals surface area contributed by atoms with Gasteiger partial charge in [-0.25, -0.2) is 0 Å². The van der Waals surface area contributed by atoms with Crippen molar-refractivity contribution in [3.05, 3.63) is 29.8 Å². The smallest absolute Gasteiger partial charge is 0.224 e. The molecule has 2 aliphatic rings. The van der Waals surface area contributed by atoms with E-state index in [9.17, 15) is 9.00 Å². The Labute approximate surface area is 114 Å². The summed E-state index contributed by atoms with van der Waals surface area (Å²) < 4.78 is 12.9. The first kappa shape index (κ1) is 12.7. The third-order valence-electron chi connectivity index (χ3n) is 4.23. The van der Waals surface area contributed by atoms with Crippen LogP contribution in [0.1, 0.15) is 25.3 Å². The van der Waals surface area contributed by atoms with Crippen molar-refractivity contribution in [2.45, 2.75) is 36.5 Å². The van der Waals surface area contributed by atoms with Gasteiger partial charge in [0.2, 0.25) is 4.87 Å². The minimum Gasteiger partial charge on any atom is -0.296 e. The number of fused-ring (bicyclic) bond motifs is 1. The summed E-state index contributed by atoms with van der Waals surface area (Å²) in [7, 11) is -1.47. The minimum atomic E-state index is -1.47. The second-order valence-electron chi connectivity index (χ2n) is 5.61. The van der Waals surface area contributed by atoms with Gasteiger partial charge in [-0.1, -0.05) is 24.6 Å². The Kier molecular flexibility index (Phi) is 2.71. The third kappa shape index (κ3) is 1.57. The number of carbonyl (C=O) groups excluding carboxylic acids is 1. The first-order valence-electron chi connectivity index (χ1n) is 6.40. The topological polar surface area (TPSA) is 58.9 Å². The van der Waals surface area contributed by atoms with Crippen molar-refractivity contribution >= 4 is 16.6 Å². The maximum absolute atomic E-state index is 12.9. The molecule has 19 heavy (non-hydrogen) atoms. The van der Waals surface area contributed by atoms with E-state index in [0.717, 1.165) is 12.0 Å². The molecule has 0 N–H and O–H groups in total. The lowest BCUT2D eigenvalue weighted by Crippen LogP contribution is -2.47. The van der Waals surface area contributed by atoms with Crippen molar-refractivity contribution in [3.63, 3.8) is 0 Å². The van der Waals surface area contributed by atoms with Crippen LogP contribution < -0.4 is 0 Å². The Morgan fingerprint density at radius 1 is 1.26 bits per heavy atom. The lowest BCUT2D eigenvalue weighted by atomic mass is 9.85. The van der Waals surface area contributed by atoms with Crippen LogP contribution in [0.2, 0.25) is 0 Å². The van der Waals surface area contributed by atoms with E-state index in [-0.39, 0.29) is 11.2 Å². The first-order valence-corrected chi connectivity index (χ1v) is 7.55. The van der Waals surface area contributed by atoms with Gasteiger partial charge in [-0.3, -0.25) is 9.00 Å². The molecule has 1 aromatic carbocycles. The largest absolute Gasteiger partial charge is 0.296 e. The Morgan fingerprint density at radius 3 is 2.63 bits per heavy atom. The van der Waals surface area contributed by atoms with Gasteiger partial charge in [0.15, 0.2) is 5.78 Å². The summed E-state index contributed by atoms with van der Waals surface area (Å²) in [4.78, 5) is 11.8. The van der Waals surface area contributed by atoms with Crippen molar-refractivity contribution in [3.8, 4) is 0 Å². The second-order valence-corrected chi connectivity index (χ2v) is 7.21. The van der Waals surface area contributed by atoms with Crippen molar-refractivity contribution in [1.82, 2.24) is 0 Å². The molecule has 0 radical (unpaired) electrons. The van der Waals surface area contributed by atoms with E-state index in [4.69, 9.17) is 0 Å². The molecule has 0 aromatic heterocycles. The number of hydrogen-bond donors (Lipinski definition) is 0. The van der Waals surface area contributed by atoms with Gasteiger partial charge in [-0.2, -0.15) is 10.2 Å². The van der Waals surface area contributed by atoms with Crippen LogP contribution in [0.4, 0.5) is 0 Å². The summed E-state index contributed by atoms with van der Waals surface area (Å²) >= 11 is 0. The zero-order valence-electron chi connectivity index (χ0n) is 11.0. The lowest BCUT2D eigenvalue weighted by Gasteiger charge is -2.31. The fraction of sp³-hybridized carbons (Fsp3) is 0.500. The zero-order valence-corrected chi connectivity index (χ0v) is 11.9. The molecule has 1 unspecified atom stereocenters. The van der Waals surface area contributed by atoms with E-state index in [0.29, 0.717) is 17.9 Å². The highest BCUT2D eigenvalue weighted by Gasteiger charge is 2.65. The highest BCUT2D eigenvalue weighted by molar-refractivity contribution is 7.87. The van der Waals surface area contributed by atoms with Crippen LogP contribution in [-0.4, -0.2) is 21.4 Å². The molecule has 0 bridgehead atoms. The van der Waals surface area contributed by atoms with Crippen LogP contribution in [0, 0.1) is 12.3 Å². The molecule has 0 saturated heterocycles. The van der Waals surface area contributed by atoms with Crippen molar-refractivity contribution in [1.29, 1.82) is 0 Å². The zero-order chi connectivity index (χ0) is 13.7. The predicted octanol–water partition coefficient (Wildman–Crippen LogP) is 2.63. The molecule has 3 rings (SSSR count). The van der Waals surface area contributed by atoms with Crippen LogP contribution >= 0.6 is 0 Å². The number of rotatable bonds is 2. The normalized spacial score (nSPS) is 34.5. The van der Waals surface area contributed by atoms with E-state index >= 15 is 0 Å². The molecule has 1 fully saturated rings. The van der Waals surface area contributed by atoms with E-state index in [2.05, 4.69) is 10.2 Å². The molecule has 1 saturated carbocycles. The predicted molar refractivity (Wildman–Crippen MR) is 72.4 cm³/mol. The summed E-state index contributed by atoms with van der Waals surface area (Å²) in [6, 6.07) is 7.46. The fourth-order valence-electron chi connectivity index (χ4n) is 2.92. The lowest BCUT2D eigenvalue weighted by molar-refractivity contribution is -0.120. The molecule has 100 valence electrons. The van der Waals surface area contributed by atoms with E-state index < -0.39 is 15.7 Å². The average molecular weight is 276 g/mol. The number of benzene rings is 1. The standard InChI is InChI=1S/C14H16N2O2S/c1-10-3-5-11(6-4-10)19(18)14-12(17)7-8-13(14,2)9-15-16-14/h3-6H,7-9H2,1-2H3/t13-,14+,19?/m0/s1. The number of nitrogens with zero attached hydrogens (tertiary/aromatic N) is 2. The molecular formula is C14H16N2O2S. The van der Waals surface area contributed by atoms with Gasteiger partial charge in [0.05, 0.1) is 17.3 Å². The van der Waals surface area contributed by atoms with Gasteiger partial charge in [-0.05, 0) is 25.5 Å². The highest BCUT2D eigenvalue weighted by Crippen LogP contribution is 2.53. The summed E-state index contributed by atoms with van der Waals surface area (Å²) in [6.07, 6.45) is 1.17. The SMILES string of the molecule is Cc1ccc(S(=O)[C@@]23N=NC[C@]2(C)CCC3=O)cc1. The van der Waals surface area contributed by atoms with Crippen LogP contribution in [-0.2, 0) is 15.6 Å². The van der Waals surface area contributed by atoms with Crippen molar-refractivity contribution in [2.24, 2.45) is 15.6 Å². The van der Waals surface area contributed by atoms with Gasteiger partial charge >= 0.3 is 0 Å². The number of azo groups is 1.